The van der Waals surface area contributed by atoms with Crippen molar-refractivity contribution in [1.82, 2.24) is 14.8 Å². The fourth-order valence-electron chi connectivity index (χ4n) is 1.72. The van der Waals surface area contributed by atoms with Gasteiger partial charge in [-0.05, 0) is 30.7 Å². The Kier molecular flexibility index (Phi) is 4.14. The van der Waals surface area contributed by atoms with Gasteiger partial charge in [-0.3, -0.25) is 4.79 Å². The fraction of sp³-hybridized carbons (Fsp3) is 0.250. The van der Waals surface area contributed by atoms with Crippen LogP contribution in [-0.4, -0.2) is 38.7 Å². The zero-order valence-electron chi connectivity index (χ0n) is 10.9. The van der Waals surface area contributed by atoms with Gasteiger partial charge >= 0.3 is 11.7 Å². The topological polar surface area (TPSA) is 97.2 Å². The van der Waals surface area contributed by atoms with Gasteiger partial charge in [0.2, 0.25) is 0 Å². The molecule has 1 aromatic heterocycles. The van der Waals surface area contributed by atoms with Gasteiger partial charge in [0, 0.05) is 0 Å². The number of aromatic amines is 1. The van der Waals surface area contributed by atoms with E-state index in [0.29, 0.717) is 16.6 Å². The first kappa shape index (κ1) is 14.2. The van der Waals surface area contributed by atoms with Crippen molar-refractivity contribution in [2.45, 2.75) is 12.1 Å². The molecule has 0 saturated heterocycles. The van der Waals surface area contributed by atoms with Crippen LogP contribution >= 0.6 is 11.8 Å². The Morgan fingerprint density at radius 3 is 2.90 bits per heavy atom. The van der Waals surface area contributed by atoms with Crippen LogP contribution in [0.1, 0.15) is 5.56 Å². The summed E-state index contributed by atoms with van der Waals surface area (Å²) in [7, 11) is 1.56. The summed E-state index contributed by atoms with van der Waals surface area (Å²) >= 11 is 0.979. The zero-order valence-corrected chi connectivity index (χ0v) is 11.7. The number of aryl methyl sites for hydroxylation is 1. The number of aliphatic carboxylic acids is 1. The molecule has 7 nitrogen and oxygen atoms in total. The van der Waals surface area contributed by atoms with Crippen molar-refractivity contribution in [3.05, 3.63) is 34.2 Å². The maximum absolute atomic E-state index is 11.8. The number of carboxylic acids is 1. The molecule has 0 aliphatic heterocycles. The third-order valence-corrected chi connectivity index (χ3v) is 3.53. The molecule has 2 aromatic rings. The highest BCUT2D eigenvalue weighted by molar-refractivity contribution is 7.99. The third-order valence-electron chi connectivity index (χ3n) is 2.61. The van der Waals surface area contributed by atoms with Crippen LogP contribution in [0.25, 0.3) is 5.69 Å². The minimum atomic E-state index is -0.969. The van der Waals surface area contributed by atoms with Gasteiger partial charge in [0.1, 0.15) is 5.75 Å². The molecule has 0 unspecified atom stereocenters. The number of thioether (sulfide) groups is 1. The highest BCUT2D eigenvalue weighted by Gasteiger charge is 2.14. The van der Waals surface area contributed by atoms with Crippen molar-refractivity contribution in [2.75, 3.05) is 12.9 Å². The average Bonchev–Trinajstić information content (AvgIpc) is 2.77. The lowest BCUT2D eigenvalue weighted by Crippen LogP contribution is -2.17. The van der Waals surface area contributed by atoms with Gasteiger partial charge in [-0.25, -0.2) is 14.5 Å². The molecule has 0 amide bonds. The Labute approximate surface area is 118 Å². The summed E-state index contributed by atoms with van der Waals surface area (Å²) in [6.07, 6.45) is 0. The molecule has 0 aliphatic rings. The van der Waals surface area contributed by atoms with E-state index in [2.05, 4.69) is 10.2 Å². The van der Waals surface area contributed by atoms with Crippen LogP contribution in [0.3, 0.4) is 0 Å². The minimum absolute atomic E-state index is 0.167. The quantitative estimate of drug-likeness (QED) is 0.800. The normalized spacial score (nSPS) is 10.5. The second kappa shape index (κ2) is 5.83. The van der Waals surface area contributed by atoms with Crippen molar-refractivity contribution in [1.29, 1.82) is 0 Å². The van der Waals surface area contributed by atoms with E-state index < -0.39 is 11.7 Å². The smallest absolute Gasteiger partial charge is 0.348 e. The molecule has 20 heavy (non-hydrogen) atoms. The highest BCUT2D eigenvalue weighted by Crippen LogP contribution is 2.23. The number of carboxylic acid groups (broad SMARTS) is 1. The Balaban J connectivity index is 2.44. The van der Waals surface area contributed by atoms with Crippen molar-refractivity contribution in [2.24, 2.45) is 0 Å². The van der Waals surface area contributed by atoms with Crippen molar-refractivity contribution >= 4 is 17.7 Å². The van der Waals surface area contributed by atoms with Crippen LogP contribution in [0, 0.1) is 6.92 Å². The van der Waals surface area contributed by atoms with Gasteiger partial charge in [0.15, 0.2) is 5.16 Å². The molecule has 0 atom stereocenters. The second-order valence-corrected chi connectivity index (χ2v) is 4.92. The third kappa shape index (κ3) is 2.85. The first-order chi connectivity index (χ1) is 9.52. The molecule has 0 aliphatic carbocycles. The Bertz CT molecular complexity index is 692. The largest absolute Gasteiger partial charge is 0.497 e. The zero-order chi connectivity index (χ0) is 14.7. The summed E-state index contributed by atoms with van der Waals surface area (Å²) in [5.74, 6) is -0.453. The van der Waals surface area contributed by atoms with Crippen LogP contribution < -0.4 is 10.4 Å². The number of carbonyl (C=O) groups is 1. The molecule has 106 valence electrons. The predicted molar refractivity (Wildman–Crippen MR) is 73.8 cm³/mol. The first-order valence-electron chi connectivity index (χ1n) is 5.70. The number of nitrogens with one attached hydrogen (secondary N) is 1. The SMILES string of the molecule is COc1ccc(-n2c(SCC(=O)O)n[nH]c2=O)c(C)c1. The summed E-state index contributed by atoms with van der Waals surface area (Å²) in [6.45, 7) is 1.84. The van der Waals surface area contributed by atoms with Gasteiger partial charge in [-0.1, -0.05) is 11.8 Å². The van der Waals surface area contributed by atoms with E-state index >= 15 is 0 Å². The van der Waals surface area contributed by atoms with Gasteiger partial charge in [0.05, 0.1) is 18.6 Å². The van der Waals surface area contributed by atoms with E-state index in [1.54, 1.807) is 25.3 Å². The summed E-state index contributed by atoms with van der Waals surface area (Å²) in [4.78, 5) is 22.5. The number of benzene rings is 1. The maximum atomic E-state index is 11.8. The van der Waals surface area contributed by atoms with Crippen molar-refractivity contribution < 1.29 is 14.6 Å². The molecule has 1 heterocycles. The molecule has 0 radical (unpaired) electrons. The molecular formula is C12H13N3O4S. The maximum Gasteiger partial charge on any atom is 0.348 e. The summed E-state index contributed by atoms with van der Waals surface area (Å²) < 4.78 is 6.46. The Hall–Kier alpha value is -2.22. The molecule has 0 saturated carbocycles. The Morgan fingerprint density at radius 2 is 2.30 bits per heavy atom. The highest BCUT2D eigenvalue weighted by atomic mass is 32.2. The van der Waals surface area contributed by atoms with E-state index in [9.17, 15) is 9.59 Å². The van der Waals surface area contributed by atoms with Gasteiger partial charge in [-0.2, -0.15) is 0 Å². The van der Waals surface area contributed by atoms with E-state index in [-0.39, 0.29) is 5.75 Å². The van der Waals surface area contributed by atoms with Crippen LogP contribution in [-0.2, 0) is 4.79 Å². The van der Waals surface area contributed by atoms with Crippen LogP contribution in [0.2, 0.25) is 0 Å². The molecule has 1 aromatic carbocycles. The number of hydrogen-bond donors (Lipinski definition) is 2. The number of rotatable bonds is 5. The number of ether oxygens (including phenoxy) is 1. The number of methoxy groups -OCH3 is 1. The molecule has 0 bridgehead atoms. The lowest BCUT2D eigenvalue weighted by atomic mass is 10.2. The summed E-state index contributed by atoms with van der Waals surface area (Å²) in [5, 5.41) is 15.2. The number of H-pyrrole nitrogens is 1. The van der Waals surface area contributed by atoms with E-state index in [1.807, 2.05) is 6.92 Å². The van der Waals surface area contributed by atoms with Gasteiger partial charge < -0.3 is 9.84 Å². The fourth-order valence-corrected chi connectivity index (χ4v) is 2.40. The summed E-state index contributed by atoms with van der Waals surface area (Å²) in [5.41, 5.74) is 1.05. The van der Waals surface area contributed by atoms with Crippen molar-refractivity contribution in [3.63, 3.8) is 0 Å². The second-order valence-electron chi connectivity index (χ2n) is 3.98. The summed E-state index contributed by atoms with van der Waals surface area (Å²) in [6, 6.07) is 5.25. The van der Waals surface area contributed by atoms with Crippen molar-refractivity contribution in [3.8, 4) is 11.4 Å². The molecule has 8 heteroatoms. The van der Waals surface area contributed by atoms with Gasteiger partial charge in [0.25, 0.3) is 0 Å². The van der Waals surface area contributed by atoms with E-state index in [1.165, 1.54) is 4.57 Å². The first-order valence-corrected chi connectivity index (χ1v) is 6.68. The predicted octanol–water partition coefficient (Wildman–Crippen LogP) is 1.05. The molecule has 2 N–H and O–H groups in total. The number of aromatic nitrogens is 3. The van der Waals surface area contributed by atoms with E-state index in [0.717, 1.165) is 17.3 Å². The number of hydrogen-bond acceptors (Lipinski definition) is 5. The lowest BCUT2D eigenvalue weighted by molar-refractivity contribution is -0.133. The molecule has 0 spiro atoms. The van der Waals surface area contributed by atoms with Crippen LogP contribution in [0.4, 0.5) is 0 Å². The molecule has 2 rings (SSSR count). The van der Waals surface area contributed by atoms with Gasteiger partial charge in [-0.15, -0.1) is 5.10 Å². The minimum Gasteiger partial charge on any atom is -0.497 e. The Morgan fingerprint density at radius 1 is 1.55 bits per heavy atom. The monoisotopic (exact) mass is 295 g/mol. The average molecular weight is 295 g/mol. The van der Waals surface area contributed by atoms with E-state index in [4.69, 9.17) is 9.84 Å². The molecular weight excluding hydrogens is 282 g/mol. The standard InChI is InChI=1S/C12H13N3O4S/c1-7-5-8(19-2)3-4-9(7)15-11(18)13-14-12(15)20-6-10(16)17/h3-5H,6H2,1-2H3,(H,13,18)(H,16,17). The molecule has 0 fully saturated rings. The lowest BCUT2D eigenvalue weighted by Gasteiger charge is -2.09. The van der Waals surface area contributed by atoms with Crippen LogP contribution in [0.5, 0.6) is 5.75 Å². The van der Waals surface area contributed by atoms with Crippen LogP contribution in [0.15, 0.2) is 28.2 Å². The number of nitrogens with zero attached hydrogens (tertiary/aromatic N) is 2.